The van der Waals surface area contributed by atoms with Gasteiger partial charge in [-0.05, 0) is 31.6 Å². The van der Waals surface area contributed by atoms with Crippen molar-refractivity contribution in [1.82, 2.24) is 10.3 Å². The van der Waals surface area contributed by atoms with Gasteiger partial charge in [0.2, 0.25) is 0 Å². The second-order valence-corrected chi connectivity index (χ2v) is 7.83. The number of urea groups is 1. The minimum absolute atomic E-state index is 0.0925. The smallest absolute Gasteiger partial charge is 0.321 e. The van der Waals surface area contributed by atoms with E-state index in [0.717, 1.165) is 23.9 Å². The van der Waals surface area contributed by atoms with Crippen molar-refractivity contribution in [2.24, 2.45) is 5.92 Å². The van der Waals surface area contributed by atoms with E-state index >= 15 is 0 Å². The molecule has 22 heavy (non-hydrogen) atoms. The molecule has 1 heterocycles. The molecule has 2 aliphatic rings. The molecular weight excluding hydrogens is 294 g/mol. The molecule has 4 nitrogen and oxygen atoms in total. The maximum atomic E-state index is 12.1. The number of nitrogens with one attached hydrogen (secondary N) is 2. The summed E-state index contributed by atoms with van der Waals surface area (Å²) >= 11 is 1.55. The third-order valence-corrected chi connectivity index (χ3v) is 5.89. The quantitative estimate of drug-likeness (QED) is 0.832. The summed E-state index contributed by atoms with van der Waals surface area (Å²) in [5, 5.41) is 8.85. The number of thiazole rings is 1. The van der Waals surface area contributed by atoms with E-state index in [1.807, 2.05) is 0 Å². The highest BCUT2D eigenvalue weighted by Gasteiger charge is 2.22. The number of carbonyl (C=O) groups excluding carboxylic acids is 1. The number of hydrogen-bond donors (Lipinski definition) is 2. The maximum absolute atomic E-state index is 12.1. The fraction of sp³-hybridized carbons (Fsp3) is 0.765. The van der Waals surface area contributed by atoms with Crippen LogP contribution in [0, 0.1) is 5.92 Å². The van der Waals surface area contributed by atoms with Gasteiger partial charge in [0.15, 0.2) is 5.13 Å². The SMILES string of the molecule is CC1CCC(c2csc(NC(=O)NC3CCCCC3)n2)CC1. The number of carbonyl (C=O) groups is 1. The summed E-state index contributed by atoms with van der Waals surface area (Å²) in [6.07, 6.45) is 11.0. The van der Waals surface area contributed by atoms with E-state index < -0.39 is 0 Å². The van der Waals surface area contributed by atoms with Crippen LogP contribution in [-0.2, 0) is 0 Å². The Morgan fingerprint density at radius 1 is 1.14 bits per heavy atom. The number of amides is 2. The standard InChI is InChI=1S/C17H27N3OS/c1-12-7-9-13(10-8-12)15-11-22-17(19-15)20-16(21)18-14-5-3-2-4-6-14/h11-14H,2-10H2,1H3,(H2,18,19,20,21). The largest absolute Gasteiger partial charge is 0.335 e. The summed E-state index contributed by atoms with van der Waals surface area (Å²) in [4.78, 5) is 16.7. The molecule has 2 fully saturated rings. The van der Waals surface area contributed by atoms with Gasteiger partial charge in [0.1, 0.15) is 0 Å². The van der Waals surface area contributed by atoms with Crippen molar-refractivity contribution < 1.29 is 4.79 Å². The van der Waals surface area contributed by atoms with Crippen LogP contribution in [0.15, 0.2) is 5.38 Å². The van der Waals surface area contributed by atoms with Gasteiger partial charge in [0.05, 0.1) is 5.69 Å². The first-order chi connectivity index (χ1) is 10.7. The zero-order chi connectivity index (χ0) is 15.4. The number of nitrogens with zero attached hydrogens (tertiary/aromatic N) is 1. The average Bonchev–Trinajstić information content (AvgIpc) is 2.97. The fourth-order valence-electron chi connectivity index (χ4n) is 3.65. The van der Waals surface area contributed by atoms with Gasteiger partial charge in [-0.3, -0.25) is 5.32 Å². The predicted molar refractivity (Wildman–Crippen MR) is 91.5 cm³/mol. The van der Waals surface area contributed by atoms with Gasteiger partial charge in [-0.2, -0.15) is 0 Å². The molecule has 0 saturated heterocycles. The van der Waals surface area contributed by atoms with Crippen LogP contribution in [0.2, 0.25) is 0 Å². The topological polar surface area (TPSA) is 54.0 Å². The lowest BCUT2D eigenvalue weighted by Crippen LogP contribution is -2.39. The molecule has 0 atom stereocenters. The van der Waals surface area contributed by atoms with Crippen molar-refractivity contribution in [1.29, 1.82) is 0 Å². The summed E-state index contributed by atoms with van der Waals surface area (Å²) in [7, 11) is 0. The minimum Gasteiger partial charge on any atom is -0.335 e. The van der Waals surface area contributed by atoms with E-state index in [2.05, 4.69) is 27.9 Å². The summed E-state index contributed by atoms with van der Waals surface area (Å²) in [6.45, 7) is 2.33. The maximum Gasteiger partial charge on any atom is 0.321 e. The first kappa shape index (κ1) is 15.8. The second-order valence-electron chi connectivity index (χ2n) is 6.97. The molecule has 1 aromatic heterocycles. The molecule has 0 aromatic carbocycles. The predicted octanol–water partition coefficient (Wildman–Crippen LogP) is 4.89. The Bertz CT molecular complexity index is 488. The van der Waals surface area contributed by atoms with Crippen LogP contribution in [-0.4, -0.2) is 17.1 Å². The van der Waals surface area contributed by atoms with Gasteiger partial charge >= 0.3 is 6.03 Å². The Kier molecular flexibility index (Phi) is 5.34. The molecule has 0 spiro atoms. The van der Waals surface area contributed by atoms with E-state index in [1.54, 1.807) is 11.3 Å². The summed E-state index contributed by atoms with van der Waals surface area (Å²) in [5.41, 5.74) is 1.17. The lowest BCUT2D eigenvalue weighted by atomic mass is 9.82. The highest BCUT2D eigenvalue weighted by Crippen LogP contribution is 2.36. The van der Waals surface area contributed by atoms with E-state index in [-0.39, 0.29) is 6.03 Å². The summed E-state index contributed by atoms with van der Waals surface area (Å²) < 4.78 is 0. The van der Waals surface area contributed by atoms with Crippen molar-refractivity contribution in [3.8, 4) is 0 Å². The van der Waals surface area contributed by atoms with Gasteiger partial charge in [-0.25, -0.2) is 9.78 Å². The monoisotopic (exact) mass is 321 g/mol. The molecule has 122 valence electrons. The van der Waals surface area contributed by atoms with Crippen LogP contribution < -0.4 is 10.6 Å². The molecule has 0 bridgehead atoms. The van der Waals surface area contributed by atoms with Gasteiger partial charge in [-0.15, -0.1) is 11.3 Å². The minimum atomic E-state index is -0.0925. The lowest BCUT2D eigenvalue weighted by Gasteiger charge is -2.24. The van der Waals surface area contributed by atoms with Crippen molar-refractivity contribution in [3.63, 3.8) is 0 Å². The van der Waals surface area contributed by atoms with Gasteiger partial charge in [-0.1, -0.05) is 39.0 Å². The first-order valence-electron chi connectivity index (χ1n) is 8.73. The zero-order valence-electron chi connectivity index (χ0n) is 13.4. The first-order valence-corrected chi connectivity index (χ1v) is 9.61. The van der Waals surface area contributed by atoms with Crippen LogP contribution in [0.3, 0.4) is 0 Å². The van der Waals surface area contributed by atoms with Gasteiger partial charge in [0.25, 0.3) is 0 Å². The Morgan fingerprint density at radius 2 is 1.86 bits per heavy atom. The van der Waals surface area contributed by atoms with Crippen molar-refractivity contribution in [2.45, 2.75) is 76.7 Å². The third kappa shape index (κ3) is 4.22. The van der Waals surface area contributed by atoms with Crippen LogP contribution in [0.5, 0.6) is 0 Å². The molecule has 0 unspecified atom stereocenters. The van der Waals surface area contributed by atoms with Crippen molar-refractivity contribution in [3.05, 3.63) is 11.1 Å². The van der Waals surface area contributed by atoms with E-state index in [0.29, 0.717) is 12.0 Å². The number of anilines is 1. The van der Waals surface area contributed by atoms with Crippen LogP contribution >= 0.6 is 11.3 Å². The normalized spacial score (nSPS) is 26.6. The number of aromatic nitrogens is 1. The van der Waals surface area contributed by atoms with E-state index in [4.69, 9.17) is 0 Å². The molecule has 0 radical (unpaired) electrons. The lowest BCUT2D eigenvalue weighted by molar-refractivity contribution is 0.244. The van der Waals surface area contributed by atoms with Crippen LogP contribution in [0.25, 0.3) is 0 Å². The molecule has 2 aliphatic carbocycles. The van der Waals surface area contributed by atoms with Crippen LogP contribution in [0.4, 0.5) is 9.93 Å². The Labute approximate surface area is 137 Å². The molecule has 1 aromatic rings. The van der Waals surface area contributed by atoms with Crippen LogP contribution in [0.1, 0.15) is 76.3 Å². The summed E-state index contributed by atoms with van der Waals surface area (Å²) in [6, 6.07) is 0.248. The Hall–Kier alpha value is -1.10. The molecule has 5 heteroatoms. The number of hydrogen-bond acceptors (Lipinski definition) is 3. The van der Waals surface area contributed by atoms with Gasteiger partial charge in [0, 0.05) is 17.3 Å². The third-order valence-electron chi connectivity index (χ3n) is 5.12. The zero-order valence-corrected chi connectivity index (χ0v) is 14.3. The van der Waals surface area contributed by atoms with Gasteiger partial charge < -0.3 is 5.32 Å². The molecule has 2 N–H and O–H groups in total. The molecule has 2 amide bonds. The molecule has 3 rings (SSSR count). The Morgan fingerprint density at radius 3 is 2.59 bits per heavy atom. The van der Waals surface area contributed by atoms with Crippen molar-refractivity contribution in [2.75, 3.05) is 5.32 Å². The summed E-state index contributed by atoms with van der Waals surface area (Å²) in [5.74, 6) is 1.44. The fourth-order valence-corrected chi connectivity index (χ4v) is 4.44. The molecular formula is C17H27N3OS. The van der Waals surface area contributed by atoms with E-state index in [9.17, 15) is 4.79 Å². The Balaban J connectivity index is 1.49. The molecule has 0 aliphatic heterocycles. The van der Waals surface area contributed by atoms with E-state index in [1.165, 1.54) is 50.6 Å². The second kappa shape index (κ2) is 7.44. The highest BCUT2D eigenvalue weighted by molar-refractivity contribution is 7.13. The average molecular weight is 321 g/mol. The molecule has 2 saturated carbocycles. The number of rotatable bonds is 3. The van der Waals surface area contributed by atoms with Crippen molar-refractivity contribution >= 4 is 22.5 Å². The highest BCUT2D eigenvalue weighted by atomic mass is 32.1.